The highest BCUT2D eigenvalue weighted by atomic mass is 19.1. The first-order chi connectivity index (χ1) is 24.4. The number of halogens is 1. The topological polar surface area (TPSA) is 154 Å². The second-order valence-corrected chi connectivity index (χ2v) is 13.9. The number of nitrogens with zero attached hydrogens (tertiary/aromatic N) is 5. The Morgan fingerprint density at radius 1 is 1.14 bits per heavy atom. The summed E-state index contributed by atoms with van der Waals surface area (Å²) in [7, 11) is 1.48. The third-order valence-electron chi connectivity index (χ3n) is 11.0. The monoisotopic (exact) mass is 698 g/mol. The number of nitrogens with one attached hydrogen (secondary N) is 1. The van der Waals surface area contributed by atoms with Crippen molar-refractivity contribution in [3.63, 3.8) is 0 Å². The van der Waals surface area contributed by atoms with Crippen LogP contribution >= 0.6 is 0 Å². The molecule has 1 saturated heterocycles. The van der Waals surface area contributed by atoms with E-state index >= 15 is 0 Å². The lowest BCUT2D eigenvalue weighted by atomic mass is 9.41. The molecule has 1 amide bonds. The van der Waals surface area contributed by atoms with Crippen molar-refractivity contribution in [2.24, 2.45) is 33.7 Å². The largest absolute Gasteiger partial charge is 0.497 e. The van der Waals surface area contributed by atoms with Crippen molar-refractivity contribution >= 4 is 28.5 Å². The number of aromatic nitrogens is 3. The smallest absolute Gasteiger partial charge is 0.261 e. The molecule has 3 heterocycles. The van der Waals surface area contributed by atoms with E-state index in [0.717, 1.165) is 11.8 Å². The molecule has 4 aromatic rings. The Hall–Kier alpha value is -4.84. The summed E-state index contributed by atoms with van der Waals surface area (Å²) >= 11 is 0. The number of rotatable bonds is 6. The molecule has 1 aliphatic heterocycles. The standard InChI is InChI=1S/C27H26FN7O3.C10H19N.C2H6/c1-38-20-6-4-17(22(28)14-20)8-11-35-25(18-3-2-9-30-15-18)33-23-13-19(5-7-21(23)26(35)37)32-27(29)34-12-10-31-24(36)16-34;1-7-4-5-8-6-10(7,11)9(8,2)3;1-2/h2-7,9,13-15H,8,10-12,16H2,1H3,(H2,29,32)(H,31,36);7-8H,4-6,11H2,1-3H3;1-2H3. The maximum atomic E-state index is 14.6. The van der Waals surface area contributed by atoms with E-state index in [4.69, 9.17) is 21.2 Å². The maximum Gasteiger partial charge on any atom is 0.261 e. The molecule has 51 heavy (non-hydrogen) atoms. The molecule has 3 atom stereocenters. The number of nitrogens with two attached hydrogens (primary N) is 2. The molecular formula is C39H51FN8O3. The SMILES string of the molecule is CC.CC1CCC2CC1(N)C2(C)C.COc1ccc(CCn2c(-c3cccnc3)nc3cc(N=C(N)N4CCNC(=O)C4)ccc3c2=O)c(F)c1. The van der Waals surface area contributed by atoms with Gasteiger partial charge in [0.15, 0.2) is 5.96 Å². The minimum Gasteiger partial charge on any atom is -0.497 e. The Bertz CT molecular complexity index is 1950. The van der Waals surface area contributed by atoms with Crippen LogP contribution in [0.2, 0.25) is 0 Å². The Kier molecular flexibility index (Phi) is 11.4. The highest BCUT2D eigenvalue weighted by Crippen LogP contribution is 2.62. The summed E-state index contributed by atoms with van der Waals surface area (Å²) < 4.78 is 21.2. The van der Waals surface area contributed by atoms with Gasteiger partial charge in [-0.15, -0.1) is 0 Å². The van der Waals surface area contributed by atoms with E-state index in [-0.39, 0.29) is 42.5 Å². The van der Waals surface area contributed by atoms with Crippen LogP contribution in [0.25, 0.3) is 22.3 Å². The van der Waals surface area contributed by atoms with Gasteiger partial charge >= 0.3 is 0 Å². The number of aliphatic imine (C=N–C) groups is 1. The molecule has 12 heteroatoms. The lowest BCUT2D eigenvalue weighted by Crippen LogP contribution is -2.72. The summed E-state index contributed by atoms with van der Waals surface area (Å²) in [5.74, 6) is 2.18. The maximum absolute atomic E-state index is 14.6. The molecule has 2 aromatic carbocycles. The second kappa shape index (κ2) is 15.6. The first kappa shape index (κ1) is 37.4. The van der Waals surface area contributed by atoms with Crippen molar-refractivity contribution in [2.45, 2.75) is 72.4 Å². The van der Waals surface area contributed by atoms with Crippen molar-refractivity contribution in [1.82, 2.24) is 24.8 Å². The van der Waals surface area contributed by atoms with Crippen molar-refractivity contribution in [3.05, 3.63) is 82.7 Å². The lowest BCUT2D eigenvalue weighted by Gasteiger charge is -2.66. The lowest BCUT2D eigenvalue weighted by molar-refractivity contribution is -0.123. The van der Waals surface area contributed by atoms with E-state index < -0.39 is 5.82 Å². The fraction of sp³-hybridized carbons (Fsp3) is 0.462. The van der Waals surface area contributed by atoms with Crippen LogP contribution in [-0.4, -0.2) is 63.6 Å². The van der Waals surface area contributed by atoms with E-state index in [2.05, 4.69) is 36.1 Å². The molecule has 5 N–H and O–H groups in total. The van der Waals surface area contributed by atoms with Crippen molar-refractivity contribution in [2.75, 3.05) is 26.7 Å². The summed E-state index contributed by atoms with van der Waals surface area (Å²) in [5.41, 5.74) is 14.9. The van der Waals surface area contributed by atoms with Crippen molar-refractivity contribution < 1.29 is 13.9 Å². The number of hydrogen-bond acceptors (Lipinski definition) is 7. The molecule has 3 saturated carbocycles. The molecule has 0 spiro atoms. The number of carbonyl (C=O) groups is 1. The molecule has 11 nitrogen and oxygen atoms in total. The van der Waals surface area contributed by atoms with Crippen LogP contribution in [0.3, 0.4) is 0 Å². The number of ether oxygens (including phenoxy) is 1. The van der Waals surface area contributed by atoms with Gasteiger partial charge in [0, 0.05) is 49.2 Å². The van der Waals surface area contributed by atoms with Crippen LogP contribution in [0.5, 0.6) is 5.75 Å². The average molecular weight is 699 g/mol. The number of methoxy groups -OCH3 is 1. The average Bonchev–Trinajstić information content (AvgIpc) is 3.14. The van der Waals surface area contributed by atoms with Gasteiger partial charge in [-0.3, -0.25) is 19.1 Å². The van der Waals surface area contributed by atoms with Gasteiger partial charge in [0.2, 0.25) is 5.91 Å². The molecule has 2 aromatic heterocycles. The summed E-state index contributed by atoms with van der Waals surface area (Å²) in [6.07, 6.45) is 7.58. The zero-order chi connectivity index (χ0) is 36.9. The normalized spacial score (nSPS) is 22.1. The number of fused-ring (bicyclic) bond motifs is 3. The van der Waals surface area contributed by atoms with E-state index in [1.165, 1.54) is 37.0 Å². The van der Waals surface area contributed by atoms with Crippen LogP contribution in [0.4, 0.5) is 10.1 Å². The third kappa shape index (κ3) is 7.61. The van der Waals surface area contributed by atoms with Crippen LogP contribution < -0.4 is 27.1 Å². The highest BCUT2D eigenvalue weighted by molar-refractivity contribution is 5.89. The molecule has 3 aliphatic carbocycles. The molecule has 4 fully saturated rings. The number of aryl methyl sites for hydroxylation is 1. The van der Waals surface area contributed by atoms with Gasteiger partial charge in [-0.05, 0) is 84.9 Å². The Labute approximate surface area is 299 Å². The van der Waals surface area contributed by atoms with E-state index in [1.54, 1.807) is 53.7 Å². The summed E-state index contributed by atoms with van der Waals surface area (Å²) in [4.78, 5) is 40.4. The van der Waals surface area contributed by atoms with Crippen LogP contribution in [0.15, 0.2) is 70.7 Å². The highest BCUT2D eigenvalue weighted by Gasteiger charge is 2.62. The predicted molar refractivity (Wildman–Crippen MR) is 200 cm³/mol. The van der Waals surface area contributed by atoms with Gasteiger partial charge in [-0.2, -0.15) is 0 Å². The summed E-state index contributed by atoms with van der Waals surface area (Å²) in [5, 5.41) is 3.14. The first-order valence-electron chi connectivity index (χ1n) is 17.8. The zero-order valence-electron chi connectivity index (χ0n) is 30.6. The van der Waals surface area contributed by atoms with Gasteiger partial charge in [0.1, 0.15) is 17.4 Å². The fourth-order valence-corrected chi connectivity index (χ4v) is 7.51. The van der Waals surface area contributed by atoms with Crippen molar-refractivity contribution in [3.8, 4) is 17.1 Å². The second-order valence-electron chi connectivity index (χ2n) is 13.9. The number of guanidine groups is 1. The van der Waals surface area contributed by atoms with Gasteiger partial charge in [0.25, 0.3) is 5.56 Å². The van der Waals surface area contributed by atoms with Crippen LogP contribution in [0.1, 0.15) is 59.4 Å². The molecule has 4 aliphatic rings. The predicted octanol–water partition coefficient (Wildman–Crippen LogP) is 5.41. The molecule has 0 radical (unpaired) electrons. The van der Waals surface area contributed by atoms with Crippen molar-refractivity contribution in [1.29, 1.82) is 0 Å². The number of hydrogen-bond donors (Lipinski definition) is 3. The number of piperazine rings is 1. The Balaban J connectivity index is 0.000000326. The van der Waals surface area contributed by atoms with Gasteiger partial charge in [0.05, 0.1) is 30.2 Å². The molecule has 8 rings (SSSR count). The third-order valence-corrected chi connectivity index (χ3v) is 11.0. The summed E-state index contributed by atoms with van der Waals surface area (Å²) in [6, 6.07) is 13.2. The van der Waals surface area contributed by atoms with Gasteiger partial charge in [-0.25, -0.2) is 14.4 Å². The number of amides is 1. The van der Waals surface area contributed by atoms with E-state index in [0.29, 0.717) is 57.8 Å². The van der Waals surface area contributed by atoms with Gasteiger partial charge < -0.3 is 26.4 Å². The van der Waals surface area contributed by atoms with E-state index in [9.17, 15) is 14.0 Å². The first-order valence-corrected chi connectivity index (χ1v) is 17.8. The molecule has 2 bridgehead atoms. The van der Waals surface area contributed by atoms with E-state index in [1.807, 2.05) is 19.9 Å². The zero-order valence-corrected chi connectivity index (χ0v) is 30.6. The summed E-state index contributed by atoms with van der Waals surface area (Å²) in [6.45, 7) is 12.4. The Morgan fingerprint density at radius 2 is 1.92 bits per heavy atom. The fourth-order valence-electron chi connectivity index (χ4n) is 7.51. The molecule has 3 unspecified atom stereocenters. The number of pyridine rings is 1. The minimum atomic E-state index is -0.402. The quantitative estimate of drug-likeness (QED) is 0.178. The van der Waals surface area contributed by atoms with Gasteiger partial charge in [-0.1, -0.05) is 40.7 Å². The van der Waals surface area contributed by atoms with Crippen LogP contribution in [0, 0.1) is 23.1 Å². The molecule has 272 valence electrons. The van der Waals surface area contributed by atoms with Crippen LogP contribution in [-0.2, 0) is 17.8 Å². The Morgan fingerprint density at radius 3 is 2.55 bits per heavy atom. The minimum absolute atomic E-state index is 0.120. The number of carbonyl (C=O) groups excluding carboxylic acids is 1. The number of benzene rings is 2. The molecular weight excluding hydrogens is 647 g/mol.